The molecular formula is C22H25N5S. The summed E-state index contributed by atoms with van der Waals surface area (Å²) in [6, 6.07) is 12.5. The monoisotopic (exact) mass is 391 g/mol. The average molecular weight is 392 g/mol. The van der Waals surface area contributed by atoms with E-state index in [1.54, 1.807) is 6.20 Å². The van der Waals surface area contributed by atoms with Crippen LogP contribution in [-0.2, 0) is 0 Å². The lowest BCUT2D eigenvalue weighted by Crippen LogP contribution is -2.30. The first kappa shape index (κ1) is 18.6. The van der Waals surface area contributed by atoms with Gasteiger partial charge in [-0.1, -0.05) is 13.0 Å². The summed E-state index contributed by atoms with van der Waals surface area (Å²) in [5.41, 5.74) is 5.77. The Morgan fingerprint density at radius 2 is 2.00 bits per heavy atom. The molecule has 3 aromatic rings. The van der Waals surface area contributed by atoms with Gasteiger partial charge in [0.1, 0.15) is 0 Å². The number of hydrogen-bond acceptors (Lipinski definition) is 3. The van der Waals surface area contributed by atoms with E-state index >= 15 is 0 Å². The molecule has 1 aliphatic heterocycles. The van der Waals surface area contributed by atoms with Crippen LogP contribution in [0, 0.1) is 13.8 Å². The molecule has 1 fully saturated rings. The van der Waals surface area contributed by atoms with Gasteiger partial charge in [-0.25, -0.2) is 0 Å². The van der Waals surface area contributed by atoms with Crippen molar-refractivity contribution in [3.8, 4) is 5.69 Å². The highest BCUT2D eigenvalue weighted by Crippen LogP contribution is 2.41. The predicted octanol–water partition coefficient (Wildman–Crippen LogP) is 4.27. The molecule has 6 heteroatoms. The lowest BCUT2D eigenvalue weighted by Gasteiger charge is -2.27. The van der Waals surface area contributed by atoms with Crippen molar-refractivity contribution in [3.63, 3.8) is 0 Å². The van der Waals surface area contributed by atoms with Crippen LogP contribution in [0.5, 0.6) is 0 Å². The molecule has 144 valence electrons. The lowest BCUT2D eigenvalue weighted by atomic mass is 9.96. The van der Waals surface area contributed by atoms with E-state index in [1.165, 1.54) is 17.0 Å². The molecule has 0 unspecified atom stereocenters. The van der Waals surface area contributed by atoms with Crippen LogP contribution in [-0.4, -0.2) is 31.1 Å². The number of aryl methyl sites for hydroxylation is 1. The van der Waals surface area contributed by atoms with Gasteiger partial charge in [0.15, 0.2) is 5.11 Å². The smallest absolute Gasteiger partial charge is 0.170 e. The third-order valence-electron chi connectivity index (χ3n) is 5.36. The molecule has 0 spiro atoms. The van der Waals surface area contributed by atoms with Gasteiger partial charge in [0.2, 0.25) is 0 Å². The van der Waals surface area contributed by atoms with Gasteiger partial charge in [-0.15, -0.1) is 0 Å². The summed E-state index contributed by atoms with van der Waals surface area (Å²) in [5.74, 6) is 0. The van der Waals surface area contributed by atoms with Crippen molar-refractivity contribution in [1.29, 1.82) is 0 Å². The maximum absolute atomic E-state index is 5.71. The van der Waals surface area contributed by atoms with E-state index in [4.69, 9.17) is 12.2 Å². The van der Waals surface area contributed by atoms with E-state index in [0.29, 0.717) is 0 Å². The summed E-state index contributed by atoms with van der Waals surface area (Å²) in [4.78, 5) is 11.2. The second-order valence-corrected chi connectivity index (χ2v) is 7.58. The highest BCUT2D eigenvalue weighted by Gasteiger charge is 2.40. The van der Waals surface area contributed by atoms with E-state index in [-0.39, 0.29) is 12.1 Å². The summed E-state index contributed by atoms with van der Waals surface area (Å²) in [7, 11) is 0. The van der Waals surface area contributed by atoms with E-state index in [2.05, 4.69) is 63.7 Å². The fraction of sp³-hybridized carbons (Fsp3) is 0.318. The molecule has 1 saturated heterocycles. The highest BCUT2D eigenvalue weighted by atomic mass is 32.1. The second-order valence-electron chi connectivity index (χ2n) is 7.19. The Kier molecular flexibility index (Phi) is 5.13. The topological polar surface area (TPSA) is 46.0 Å². The van der Waals surface area contributed by atoms with Crippen LogP contribution >= 0.6 is 12.2 Å². The zero-order valence-corrected chi connectivity index (χ0v) is 17.3. The van der Waals surface area contributed by atoms with E-state index < -0.39 is 0 Å². The van der Waals surface area contributed by atoms with E-state index in [0.717, 1.165) is 29.5 Å². The Labute approximate surface area is 171 Å². The predicted molar refractivity (Wildman–Crippen MR) is 115 cm³/mol. The molecule has 2 atom stereocenters. The molecule has 1 aliphatic rings. The Morgan fingerprint density at radius 3 is 2.68 bits per heavy atom. The minimum Gasteiger partial charge on any atom is -0.352 e. The van der Waals surface area contributed by atoms with Crippen molar-refractivity contribution in [3.05, 3.63) is 77.6 Å². The molecule has 0 aliphatic carbocycles. The van der Waals surface area contributed by atoms with Crippen LogP contribution in [0.15, 0.2) is 55.0 Å². The zero-order valence-electron chi connectivity index (χ0n) is 16.5. The number of hydrogen-bond donors (Lipinski definition) is 1. The standard InChI is InChI=1S/C22H25N5S/c1-4-12-26-21(20(25-22(26)28)19-9-5-6-11-24-19)18-13-15(2)27(16(18)3)17-8-7-10-23-14-17/h5-11,13-14,20-21H,4,12H2,1-3H3,(H,25,28)/t20-,21-/m1/s1. The molecule has 5 nitrogen and oxygen atoms in total. The first-order valence-electron chi connectivity index (χ1n) is 9.69. The van der Waals surface area contributed by atoms with Crippen LogP contribution in [0.3, 0.4) is 0 Å². The number of aromatic nitrogens is 3. The molecule has 1 N–H and O–H groups in total. The van der Waals surface area contributed by atoms with Crippen molar-refractivity contribution < 1.29 is 0 Å². The fourth-order valence-corrected chi connectivity index (χ4v) is 4.53. The van der Waals surface area contributed by atoms with Crippen LogP contribution in [0.4, 0.5) is 0 Å². The summed E-state index contributed by atoms with van der Waals surface area (Å²) < 4.78 is 2.27. The maximum Gasteiger partial charge on any atom is 0.170 e. The molecule has 28 heavy (non-hydrogen) atoms. The van der Waals surface area contributed by atoms with Crippen molar-refractivity contribution in [2.45, 2.75) is 39.3 Å². The van der Waals surface area contributed by atoms with Crippen molar-refractivity contribution >= 4 is 17.3 Å². The molecule has 3 aromatic heterocycles. The van der Waals surface area contributed by atoms with E-state index in [1.807, 2.05) is 30.6 Å². The minimum absolute atomic E-state index is 0.0306. The van der Waals surface area contributed by atoms with Crippen LogP contribution in [0.1, 0.15) is 48.1 Å². The van der Waals surface area contributed by atoms with Gasteiger partial charge >= 0.3 is 0 Å². The Hall–Kier alpha value is -2.73. The SMILES string of the molecule is CCCN1C(=S)N[C@H](c2ccccn2)[C@H]1c1cc(C)n(-c2cccnc2)c1C. The van der Waals surface area contributed by atoms with Crippen LogP contribution in [0.2, 0.25) is 0 Å². The van der Waals surface area contributed by atoms with Gasteiger partial charge < -0.3 is 14.8 Å². The van der Waals surface area contributed by atoms with Crippen molar-refractivity contribution in [2.24, 2.45) is 0 Å². The number of rotatable bonds is 5. The third kappa shape index (κ3) is 3.18. The molecule has 0 bridgehead atoms. The molecule has 0 radical (unpaired) electrons. The van der Waals surface area contributed by atoms with Gasteiger partial charge in [0.25, 0.3) is 0 Å². The number of nitrogens with one attached hydrogen (secondary N) is 1. The number of nitrogens with zero attached hydrogens (tertiary/aromatic N) is 4. The fourth-order valence-electron chi connectivity index (χ4n) is 4.20. The molecule has 0 aromatic carbocycles. The van der Waals surface area contributed by atoms with Gasteiger partial charge in [-0.2, -0.15) is 0 Å². The summed E-state index contributed by atoms with van der Waals surface area (Å²) >= 11 is 5.71. The summed E-state index contributed by atoms with van der Waals surface area (Å²) in [6.45, 7) is 7.42. The van der Waals surface area contributed by atoms with Crippen molar-refractivity contribution in [2.75, 3.05) is 6.54 Å². The Bertz CT molecular complexity index is 967. The van der Waals surface area contributed by atoms with Crippen molar-refractivity contribution in [1.82, 2.24) is 24.8 Å². The molecule has 4 heterocycles. The highest BCUT2D eigenvalue weighted by molar-refractivity contribution is 7.80. The quantitative estimate of drug-likeness (QED) is 0.658. The van der Waals surface area contributed by atoms with Gasteiger partial charge in [0.05, 0.1) is 29.7 Å². The average Bonchev–Trinajstić information content (AvgIpc) is 3.19. The Balaban J connectivity index is 1.83. The van der Waals surface area contributed by atoms with Gasteiger partial charge in [0, 0.05) is 30.3 Å². The molecule has 0 amide bonds. The lowest BCUT2D eigenvalue weighted by molar-refractivity contribution is 0.316. The third-order valence-corrected chi connectivity index (χ3v) is 5.71. The molecule has 4 rings (SSSR count). The first-order valence-corrected chi connectivity index (χ1v) is 10.1. The molecular weight excluding hydrogens is 366 g/mol. The van der Waals surface area contributed by atoms with Crippen LogP contribution in [0.25, 0.3) is 5.69 Å². The van der Waals surface area contributed by atoms with E-state index in [9.17, 15) is 0 Å². The summed E-state index contributed by atoms with van der Waals surface area (Å²) in [5, 5.41) is 4.32. The normalized spacial score (nSPS) is 19.1. The number of pyridine rings is 2. The maximum atomic E-state index is 5.71. The largest absolute Gasteiger partial charge is 0.352 e. The second kappa shape index (κ2) is 7.72. The van der Waals surface area contributed by atoms with Crippen LogP contribution < -0.4 is 5.32 Å². The minimum atomic E-state index is 0.0306. The first-order chi connectivity index (χ1) is 13.6. The zero-order chi connectivity index (χ0) is 19.7. The van der Waals surface area contributed by atoms with Gasteiger partial charge in [-0.05, 0) is 68.4 Å². The summed E-state index contributed by atoms with van der Waals surface area (Å²) in [6.07, 6.45) is 6.59. The number of thiocarbonyl (C=S) groups is 1. The molecule has 0 saturated carbocycles. The Morgan fingerprint density at radius 1 is 1.14 bits per heavy atom. The van der Waals surface area contributed by atoms with Gasteiger partial charge in [-0.3, -0.25) is 9.97 Å².